The molecule has 18 heavy (non-hydrogen) atoms. The van der Waals surface area contributed by atoms with E-state index < -0.39 is 0 Å². The molecule has 0 aliphatic carbocycles. The summed E-state index contributed by atoms with van der Waals surface area (Å²) in [7, 11) is 1.95. The van der Waals surface area contributed by atoms with Gasteiger partial charge in [0.25, 0.3) is 0 Å². The van der Waals surface area contributed by atoms with Crippen LogP contribution in [0.1, 0.15) is 28.6 Å². The third-order valence-corrected chi connectivity index (χ3v) is 4.19. The van der Waals surface area contributed by atoms with Gasteiger partial charge in [-0.2, -0.15) is 0 Å². The predicted molar refractivity (Wildman–Crippen MR) is 73.3 cm³/mol. The highest BCUT2D eigenvalue weighted by atomic mass is 32.1. The first-order chi connectivity index (χ1) is 8.88. The number of nitrogens with one attached hydrogen (secondary N) is 1. The summed E-state index contributed by atoms with van der Waals surface area (Å²) >= 11 is 1.75. The van der Waals surface area contributed by atoms with Crippen LogP contribution in [-0.2, 0) is 6.54 Å². The summed E-state index contributed by atoms with van der Waals surface area (Å²) in [5.41, 5.74) is 2.40. The monoisotopic (exact) mass is 260 g/mol. The van der Waals surface area contributed by atoms with Crippen LogP contribution < -0.4 is 10.1 Å². The second-order valence-corrected chi connectivity index (χ2v) is 5.32. The molecule has 94 valence electrons. The molecule has 1 aliphatic heterocycles. The minimum atomic E-state index is 0.394. The Kier molecular flexibility index (Phi) is 3.30. The molecule has 2 heterocycles. The number of para-hydroxylation sites is 1. The zero-order valence-electron chi connectivity index (χ0n) is 10.3. The molecule has 0 radical (unpaired) electrons. The molecular weight excluding hydrogens is 244 g/mol. The van der Waals surface area contributed by atoms with Crippen molar-refractivity contribution in [3.63, 3.8) is 0 Å². The topological polar surface area (TPSA) is 34.1 Å². The van der Waals surface area contributed by atoms with Crippen molar-refractivity contribution in [2.45, 2.75) is 18.9 Å². The van der Waals surface area contributed by atoms with Crippen molar-refractivity contribution in [3.8, 4) is 5.75 Å². The summed E-state index contributed by atoms with van der Waals surface area (Å²) < 4.78 is 5.69. The van der Waals surface area contributed by atoms with Gasteiger partial charge in [0, 0.05) is 23.4 Å². The van der Waals surface area contributed by atoms with E-state index in [2.05, 4.69) is 22.8 Å². The summed E-state index contributed by atoms with van der Waals surface area (Å²) in [6, 6.07) is 8.29. The Morgan fingerprint density at radius 1 is 1.44 bits per heavy atom. The highest BCUT2D eigenvalue weighted by Crippen LogP contribution is 2.38. The van der Waals surface area contributed by atoms with Gasteiger partial charge in [-0.1, -0.05) is 18.2 Å². The lowest BCUT2D eigenvalue weighted by molar-refractivity contribution is 0.277. The average molecular weight is 260 g/mol. The third kappa shape index (κ3) is 2.13. The molecular formula is C14H16N2OS. The number of benzene rings is 1. The largest absolute Gasteiger partial charge is 0.493 e. The Balaban J connectivity index is 1.92. The standard InChI is InChI=1S/C14H16N2OS/c1-15-8-10-9-18-14(16-10)12-6-7-17-13-5-3-2-4-11(12)13/h2-5,9,12,15H,6-8H2,1H3. The first-order valence-electron chi connectivity index (χ1n) is 6.19. The smallest absolute Gasteiger partial charge is 0.123 e. The van der Waals surface area contributed by atoms with E-state index in [4.69, 9.17) is 9.72 Å². The molecule has 2 aromatic rings. The number of aromatic nitrogens is 1. The van der Waals surface area contributed by atoms with Gasteiger partial charge in [-0.25, -0.2) is 4.98 Å². The Morgan fingerprint density at radius 3 is 3.22 bits per heavy atom. The van der Waals surface area contributed by atoms with Crippen LogP contribution in [0.5, 0.6) is 5.75 Å². The van der Waals surface area contributed by atoms with Crippen LogP contribution in [-0.4, -0.2) is 18.6 Å². The Bertz CT molecular complexity index is 538. The van der Waals surface area contributed by atoms with Gasteiger partial charge in [0.1, 0.15) is 10.8 Å². The quantitative estimate of drug-likeness (QED) is 0.921. The maximum Gasteiger partial charge on any atom is 0.123 e. The number of hydrogen-bond donors (Lipinski definition) is 1. The van der Waals surface area contributed by atoms with Gasteiger partial charge < -0.3 is 10.1 Å². The lowest BCUT2D eigenvalue weighted by atomic mass is 9.94. The predicted octanol–water partition coefficient (Wildman–Crippen LogP) is 2.78. The molecule has 1 atom stereocenters. The van der Waals surface area contributed by atoms with Gasteiger partial charge in [0.2, 0.25) is 0 Å². The number of nitrogens with zero attached hydrogens (tertiary/aromatic N) is 1. The van der Waals surface area contributed by atoms with E-state index in [1.54, 1.807) is 11.3 Å². The third-order valence-electron chi connectivity index (χ3n) is 3.18. The fourth-order valence-corrected chi connectivity index (χ4v) is 3.32. The van der Waals surface area contributed by atoms with Gasteiger partial charge in [-0.3, -0.25) is 0 Å². The van der Waals surface area contributed by atoms with E-state index in [-0.39, 0.29) is 0 Å². The second kappa shape index (κ2) is 5.08. The minimum Gasteiger partial charge on any atom is -0.493 e. The zero-order chi connectivity index (χ0) is 12.4. The highest BCUT2D eigenvalue weighted by Gasteiger charge is 2.24. The van der Waals surface area contributed by atoms with Crippen LogP contribution in [0.4, 0.5) is 0 Å². The van der Waals surface area contributed by atoms with E-state index in [0.717, 1.165) is 31.0 Å². The van der Waals surface area contributed by atoms with E-state index in [0.29, 0.717) is 5.92 Å². The van der Waals surface area contributed by atoms with Crippen LogP contribution >= 0.6 is 11.3 Å². The van der Waals surface area contributed by atoms with Crippen LogP contribution in [0.25, 0.3) is 0 Å². The molecule has 0 spiro atoms. The van der Waals surface area contributed by atoms with E-state index in [1.807, 2.05) is 19.2 Å². The lowest BCUT2D eigenvalue weighted by Gasteiger charge is -2.24. The van der Waals surface area contributed by atoms with E-state index >= 15 is 0 Å². The molecule has 0 bridgehead atoms. The fourth-order valence-electron chi connectivity index (χ4n) is 2.34. The molecule has 1 N–H and O–H groups in total. The van der Waals surface area contributed by atoms with Crippen molar-refractivity contribution >= 4 is 11.3 Å². The number of fused-ring (bicyclic) bond motifs is 1. The molecule has 3 rings (SSSR count). The fraction of sp³-hybridized carbons (Fsp3) is 0.357. The second-order valence-electron chi connectivity index (χ2n) is 4.43. The van der Waals surface area contributed by atoms with Gasteiger partial charge >= 0.3 is 0 Å². The van der Waals surface area contributed by atoms with Crippen molar-refractivity contribution in [1.82, 2.24) is 10.3 Å². The van der Waals surface area contributed by atoms with Crippen molar-refractivity contribution in [2.75, 3.05) is 13.7 Å². The number of thiazole rings is 1. The zero-order valence-corrected chi connectivity index (χ0v) is 11.2. The Morgan fingerprint density at radius 2 is 2.33 bits per heavy atom. The molecule has 3 nitrogen and oxygen atoms in total. The first-order valence-corrected chi connectivity index (χ1v) is 7.07. The summed E-state index contributed by atoms with van der Waals surface area (Å²) in [4.78, 5) is 4.72. The number of hydrogen-bond acceptors (Lipinski definition) is 4. The van der Waals surface area contributed by atoms with Gasteiger partial charge in [-0.05, 0) is 19.5 Å². The molecule has 1 aliphatic rings. The summed E-state index contributed by atoms with van der Waals surface area (Å²) in [6.45, 7) is 1.62. The Hall–Kier alpha value is -1.39. The normalized spacial score (nSPS) is 18.2. The minimum absolute atomic E-state index is 0.394. The van der Waals surface area contributed by atoms with Gasteiger partial charge in [-0.15, -0.1) is 11.3 Å². The maximum atomic E-state index is 5.69. The Labute approximate surface area is 111 Å². The van der Waals surface area contributed by atoms with Crippen molar-refractivity contribution in [3.05, 3.63) is 45.9 Å². The molecule has 1 aromatic heterocycles. The molecule has 0 amide bonds. The van der Waals surface area contributed by atoms with Crippen LogP contribution in [0.2, 0.25) is 0 Å². The average Bonchev–Trinajstić information content (AvgIpc) is 2.87. The highest BCUT2D eigenvalue weighted by molar-refractivity contribution is 7.09. The maximum absolute atomic E-state index is 5.69. The van der Waals surface area contributed by atoms with Crippen molar-refractivity contribution in [1.29, 1.82) is 0 Å². The summed E-state index contributed by atoms with van der Waals surface area (Å²) in [5, 5.41) is 6.49. The summed E-state index contributed by atoms with van der Waals surface area (Å²) in [6.07, 6.45) is 1.02. The number of ether oxygens (including phenoxy) is 1. The first kappa shape index (κ1) is 11.7. The number of rotatable bonds is 3. The SMILES string of the molecule is CNCc1csc(C2CCOc3ccccc32)n1. The molecule has 0 fully saturated rings. The molecule has 0 saturated carbocycles. The van der Waals surface area contributed by atoms with Crippen LogP contribution in [0.15, 0.2) is 29.6 Å². The molecule has 4 heteroatoms. The van der Waals surface area contributed by atoms with Crippen molar-refractivity contribution < 1.29 is 4.74 Å². The van der Waals surface area contributed by atoms with E-state index in [1.165, 1.54) is 10.6 Å². The van der Waals surface area contributed by atoms with Gasteiger partial charge in [0.05, 0.1) is 12.3 Å². The molecule has 1 unspecified atom stereocenters. The van der Waals surface area contributed by atoms with Gasteiger partial charge in [0.15, 0.2) is 0 Å². The molecule has 1 aromatic carbocycles. The van der Waals surface area contributed by atoms with Crippen LogP contribution in [0, 0.1) is 0 Å². The van der Waals surface area contributed by atoms with E-state index in [9.17, 15) is 0 Å². The molecule has 0 saturated heterocycles. The lowest BCUT2D eigenvalue weighted by Crippen LogP contribution is -2.15. The van der Waals surface area contributed by atoms with Crippen LogP contribution in [0.3, 0.4) is 0 Å². The summed E-state index contributed by atoms with van der Waals surface area (Å²) in [5.74, 6) is 1.41. The van der Waals surface area contributed by atoms with Crippen molar-refractivity contribution in [2.24, 2.45) is 0 Å².